The molecule has 1 saturated heterocycles. The molecule has 2 aromatic rings. The summed E-state index contributed by atoms with van der Waals surface area (Å²) in [7, 11) is -3.59. The molecule has 0 spiro atoms. The van der Waals surface area contributed by atoms with E-state index in [0.29, 0.717) is 18.0 Å². The van der Waals surface area contributed by atoms with Crippen molar-refractivity contribution in [2.24, 2.45) is 0 Å². The van der Waals surface area contributed by atoms with Gasteiger partial charge in [-0.15, -0.1) is 11.3 Å². The number of ether oxygens (including phenoxy) is 1. The smallest absolute Gasteiger partial charge is 0.311 e. The number of sulfonamides is 1. The Labute approximate surface area is 193 Å². The number of non-ortho nitro benzene ring substituents is 1. The van der Waals surface area contributed by atoms with E-state index in [4.69, 9.17) is 10.00 Å². The van der Waals surface area contributed by atoms with E-state index >= 15 is 0 Å². The molecule has 1 aromatic heterocycles. The lowest BCUT2D eigenvalue weighted by Crippen LogP contribution is -2.35. The first kappa shape index (κ1) is 24.3. The quantitative estimate of drug-likeness (QED) is 0.334. The van der Waals surface area contributed by atoms with Gasteiger partial charge in [0.15, 0.2) is 6.61 Å². The molecule has 1 amide bonds. The lowest BCUT2D eigenvalue weighted by atomic mass is 10.1. The topological polar surface area (TPSA) is 160 Å². The molecule has 1 fully saturated rings. The minimum absolute atomic E-state index is 0.0509. The van der Waals surface area contributed by atoms with Crippen LogP contribution in [0, 0.1) is 21.4 Å². The second-order valence-corrected chi connectivity index (χ2v) is 10.5. The van der Waals surface area contributed by atoms with Crippen molar-refractivity contribution in [2.75, 3.05) is 25.0 Å². The molecule has 1 aliphatic rings. The number of anilines is 1. The van der Waals surface area contributed by atoms with E-state index in [1.54, 1.807) is 12.1 Å². The highest BCUT2D eigenvalue weighted by molar-refractivity contribution is 7.91. The van der Waals surface area contributed by atoms with Gasteiger partial charge in [0.05, 0.1) is 22.6 Å². The van der Waals surface area contributed by atoms with Crippen molar-refractivity contribution < 1.29 is 27.7 Å². The van der Waals surface area contributed by atoms with E-state index in [2.05, 4.69) is 5.32 Å². The molecule has 1 N–H and O–H groups in total. The minimum Gasteiger partial charge on any atom is -0.455 e. The number of rotatable bonds is 8. The number of carbonyl (C=O) groups excluding carboxylic acids is 2. The van der Waals surface area contributed by atoms with Crippen LogP contribution in [0.15, 0.2) is 34.5 Å². The van der Waals surface area contributed by atoms with Crippen LogP contribution in [0.5, 0.6) is 0 Å². The average molecular weight is 493 g/mol. The number of hydrogen-bond donors (Lipinski definition) is 1. The van der Waals surface area contributed by atoms with Crippen molar-refractivity contribution >= 4 is 44.6 Å². The van der Waals surface area contributed by atoms with E-state index in [-0.39, 0.29) is 27.6 Å². The Morgan fingerprint density at radius 3 is 2.61 bits per heavy atom. The highest BCUT2D eigenvalue weighted by Gasteiger charge is 2.27. The van der Waals surface area contributed by atoms with Crippen molar-refractivity contribution in [3.05, 3.63) is 50.9 Å². The number of esters is 1. The van der Waals surface area contributed by atoms with Gasteiger partial charge in [-0.3, -0.25) is 19.7 Å². The molecule has 0 unspecified atom stereocenters. The van der Waals surface area contributed by atoms with E-state index in [1.807, 2.05) is 0 Å². The molecule has 13 heteroatoms. The number of nitrogens with zero attached hydrogens (tertiary/aromatic N) is 3. The number of nitriles is 1. The van der Waals surface area contributed by atoms with Crippen LogP contribution >= 0.6 is 11.3 Å². The molecule has 0 atom stereocenters. The first-order chi connectivity index (χ1) is 15.7. The Balaban J connectivity index is 1.53. The summed E-state index contributed by atoms with van der Waals surface area (Å²) in [5, 5.41) is 22.3. The highest BCUT2D eigenvalue weighted by Crippen LogP contribution is 2.27. The summed E-state index contributed by atoms with van der Waals surface area (Å²) in [6, 6.07) is 8.12. The van der Waals surface area contributed by atoms with E-state index in [1.165, 1.54) is 16.4 Å². The number of amides is 1. The first-order valence-electron chi connectivity index (χ1n) is 9.93. The number of hydrogen-bond acceptors (Lipinski definition) is 9. The second kappa shape index (κ2) is 10.5. The van der Waals surface area contributed by atoms with Crippen molar-refractivity contribution in [1.29, 1.82) is 5.26 Å². The summed E-state index contributed by atoms with van der Waals surface area (Å²) in [5.74, 6) is -1.45. The summed E-state index contributed by atoms with van der Waals surface area (Å²) < 4.78 is 31.9. The number of thiophene rings is 1. The van der Waals surface area contributed by atoms with Gasteiger partial charge in [0.1, 0.15) is 10.3 Å². The molecular formula is C20H20N4O7S2. The Morgan fingerprint density at radius 2 is 1.94 bits per heavy atom. The highest BCUT2D eigenvalue weighted by atomic mass is 32.2. The number of nitrogens with one attached hydrogen (secondary N) is 1. The van der Waals surface area contributed by atoms with Gasteiger partial charge in [-0.25, -0.2) is 8.42 Å². The lowest BCUT2D eigenvalue weighted by molar-refractivity contribution is -0.384. The zero-order chi connectivity index (χ0) is 24.0. The summed E-state index contributed by atoms with van der Waals surface area (Å²) >= 11 is 0.985. The van der Waals surface area contributed by atoms with Gasteiger partial charge in [0.2, 0.25) is 0 Å². The molecule has 0 aliphatic carbocycles. The Hall–Kier alpha value is -3.34. The van der Waals surface area contributed by atoms with Crippen molar-refractivity contribution in [1.82, 2.24) is 4.31 Å². The third-order valence-corrected chi connectivity index (χ3v) is 8.29. The van der Waals surface area contributed by atoms with Crippen LogP contribution in [-0.2, 0) is 30.8 Å². The van der Waals surface area contributed by atoms with Crippen molar-refractivity contribution in [2.45, 2.75) is 29.9 Å². The standard InChI is InChI=1S/C20H20N4O7S2/c21-12-14-10-15(24(27)28)4-6-17(14)22-18(25)13-31-19(26)11-16-5-7-20(32-16)33(29,30)23-8-2-1-3-9-23/h4-7,10H,1-3,8-9,11,13H2,(H,22,25). The van der Waals surface area contributed by atoms with E-state index < -0.39 is 33.4 Å². The number of benzene rings is 1. The molecule has 174 valence electrons. The molecule has 2 heterocycles. The van der Waals surface area contributed by atoms with E-state index in [0.717, 1.165) is 42.7 Å². The zero-order valence-corrected chi connectivity index (χ0v) is 19.0. The number of nitro benzene ring substituents is 1. The maximum atomic E-state index is 12.7. The largest absolute Gasteiger partial charge is 0.455 e. The maximum Gasteiger partial charge on any atom is 0.311 e. The maximum absolute atomic E-state index is 12.7. The molecule has 11 nitrogen and oxygen atoms in total. The number of carbonyl (C=O) groups is 2. The summed E-state index contributed by atoms with van der Waals surface area (Å²) in [6.45, 7) is 0.328. The van der Waals surface area contributed by atoms with Crippen LogP contribution in [0.4, 0.5) is 11.4 Å². The fourth-order valence-corrected chi connectivity index (χ4v) is 6.21. The first-order valence-corrected chi connectivity index (χ1v) is 12.2. The minimum atomic E-state index is -3.59. The zero-order valence-electron chi connectivity index (χ0n) is 17.4. The van der Waals surface area contributed by atoms with Gasteiger partial charge >= 0.3 is 5.97 Å². The molecule has 0 radical (unpaired) electrons. The molecule has 1 aliphatic heterocycles. The average Bonchev–Trinajstić information content (AvgIpc) is 3.27. The predicted octanol–water partition coefficient (Wildman–Crippen LogP) is 2.43. The fraction of sp³-hybridized carbons (Fsp3) is 0.350. The molecule has 1 aromatic carbocycles. The molecule has 0 bridgehead atoms. The summed E-state index contributed by atoms with van der Waals surface area (Å²) in [4.78, 5) is 34.7. The molecular weight excluding hydrogens is 472 g/mol. The third kappa shape index (κ3) is 6.13. The van der Waals surface area contributed by atoms with Gasteiger partial charge in [0, 0.05) is 30.1 Å². The number of nitro groups is 1. The van der Waals surface area contributed by atoms with Gasteiger partial charge < -0.3 is 10.1 Å². The Kier molecular flexibility index (Phi) is 7.75. The van der Waals surface area contributed by atoms with E-state index in [9.17, 15) is 28.1 Å². The summed E-state index contributed by atoms with van der Waals surface area (Å²) in [5.41, 5.74) is -0.353. The molecule has 33 heavy (non-hydrogen) atoms. The number of piperidine rings is 1. The summed E-state index contributed by atoms with van der Waals surface area (Å²) in [6.07, 6.45) is 2.45. The van der Waals surface area contributed by atoms with Crippen LogP contribution < -0.4 is 5.32 Å². The SMILES string of the molecule is N#Cc1cc([N+](=O)[O-])ccc1NC(=O)COC(=O)Cc1ccc(S(=O)(=O)N2CCCCC2)s1. The van der Waals surface area contributed by atoms with Gasteiger partial charge in [0.25, 0.3) is 21.6 Å². The van der Waals surface area contributed by atoms with Crippen LogP contribution in [0.2, 0.25) is 0 Å². The van der Waals surface area contributed by atoms with Crippen LogP contribution in [0.25, 0.3) is 0 Å². The Bertz CT molecular complexity index is 1210. The molecule has 3 rings (SSSR count). The van der Waals surface area contributed by atoms with Crippen LogP contribution in [0.3, 0.4) is 0 Å². The molecule has 0 saturated carbocycles. The van der Waals surface area contributed by atoms with Crippen LogP contribution in [0.1, 0.15) is 29.7 Å². The van der Waals surface area contributed by atoms with Crippen molar-refractivity contribution in [3.8, 4) is 6.07 Å². The Morgan fingerprint density at radius 1 is 1.21 bits per heavy atom. The van der Waals surface area contributed by atoms with Gasteiger partial charge in [-0.2, -0.15) is 9.57 Å². The van der Waals surface area contributed by atoms with Gasteiger partial charge in [-0.1, -0.05) is 6.42 Å². The normalized spacial score (nSPS) is 14.3. The lowest BCUT2D eigenvalue weighted by Gasteiger charge is -2.25. The second-order valence-electron chi connectivity index (χ2n) is 7.17. The third-order valence-electron chi connectivity index (χ3n) is 4.84. The predicted molar refractivity (Wildman–Crippen MR) is 118 cm³/mol. The van der Waals surface area contributed by atoms with Gasteiger partial charge in [-0.05, 0) is 31.0 Å². The monoisotopic (exact) mass is 492 g/mol. The van der Waals surface area contributed by atoms with Crippen LogP contribution in [-0.4, -0.2) is 49.2 Å². The fourth-order valence-electron chi connectivity index (χ4n) is 3.20. The van der Waals surface area contributed by atoms with Crippen molar-refractivity contribution in [3.63, 3.8) is 0 Å².